The molecule has 0 aliphatic carbocycles. The van der Waals surface area contributed by atoms with Crippen LogP contribution < -0.4 is 5.32 Å². The van der Waals surface area contributed by atoms with Gasteiger partial charge in [-0.2, -0.15) is 0 Å². The molecular formula is C15H16ClN5O2S2. The van der Waals surface area contributed by atoms with Crippen LogP contribution in [0.5, 0.6) is 0 Å². The molecule has 0 aromatic carbocycles. The Morgan fingerprint density at radius 1 is 1.48 bits per heavy atom. The molecule has 2 aromatic heterocycles. The van der Waals surface area contributed by atoms with Gasteiger partial charge in [0.05, 0.1) is 17.0 Å². The molecule has 0 spiro atoms. The van der Waals surface area contributed by atoms with Crippen molar-refractivity contribution in [2.24, 2.45) is 0 Å². The molecule has 132 valence electrons. The summed E-state index contributed by atoms with van der Waals surface area (Å²) in [5.41, 5.74) is 1.84. The molecule has 1 fully saturated rings. The first-order valence-electron chi connectivity index (χ1n) is 7.65. The SMILES string of the molecule is CN1C(=N)N[C@H](C2=C(Cl)CC(c3cc4cccnc4[nH]3)S2)CS1(=O)=O. The van der Waals surface area contributed by atoms with Gasteiger partial charge in [0.2, 0.25) is 16.0 Å². The third-order valence-electron chi connectivity index (χ3n) is 4.40. The number of allylic oxidation sites excluding steroid dienone is 1. The predicted molar refractivity (Wildman–Crippen MR) is 100 cm³/mol. The number of rotatable bonds is 2. The molecule has 2 aliphatic rings. The highest BCUT2D eigenvalue weighted by Gasteiger charge is 2.39. The minimum atomic E-state index is -3.50. The number of pyridine rings is 1. The van der Waals surface area contributed by atoms with Crippen LogP contribution >= 0.6 is 23.4 Å². The van der Waals surface area contributed by atoms with Crippen molar-refractivity contribution in [3.05, 3.63) is 40.0 Å². The molecule has 2 aliphatic heterocycles. The number of nitrogens with one attached hydrogen (secondary N) is 3. The van der Waals surface area contributed by atoms with Crippen LogP contribution in [0, 0.1) is 5.41 Å². The van der Waals surface area contributed by atoms with Gasteiger partial charge in [-0.15, -0.1) is 11.8 Å². The topological polar surface area (TPSA) is 102 Å². The molecule has 4 heterocycles. The van der Waals surface area contributed by atoms with E-state index in [4.69, 9.17) is 17.0 Å². The molecule has 25 heavy (non-hydrogen) atoms. The Hall–Kier alpha value is -1.71. The normalized spacial score (nSPS) is 26.3. The molecule has 1 unspecified atom stereocenters. The minimum absolute atomic E-state index is 0.0787. The molecule has 2 aromatic rings. The summed E-state index contributed by atoms with van der Waals surface area (Å²) in [7, 11) is -2.13. The van der Waals surface area contributed by atoms with Crippen molar-refractivity contribution in [1.29, 1.82) is 5.41 Å². The van der Waals surface area contributed by atoms with Gasteiger partial charge >= 0.3 is 0 Å². The first kappa shape index (κ1) is 16.7. The smallest absolute Gasteiger partial charge is 0.239 e. The van der Waals surface area contributed by atoms with Crippen LogP contribution in [0.25, 0.3) is 11.0 Å². The number of guanidine groups is 1. The Kier molecular flexibility index (Phi) is 3.97. The predicted octanol–water partition coefficient (Wildman–Crippen LogP) is 2.36. The zero-order valence-electron chi connectivity index (χ0n) is 13.3. The van der Waals surface area contributed by atoms with Crippen LogP contribution in [0.3, 0.4) is 0 Å². The van der Waals surface area contributed by atoms with E-state index in [1.54, 1.807) is 18.0 Å². The number of hydrogen-bond acceptors (Lipinski definition) is 5. The lowest BCUT2D eigenvalue weighted by Gasteiger charge is -2.32. The minimum Gasteiger partial charge on any atom is -0.347 e. The van der Waals surface area contributed by atoms with Gasteiger partial charge in [0.15, 0.2) is 0 Å². The molecule has 3 N–H and O–H groups in total. The molecular weight excluding hydrogens is 382 g/mol. The highest BCUT2D eigenvalue weighted by Crippen LogP contribution is 2.50. The monoisotopic (exact) mass is 397 g/mol. The summed E-state index contributed by atoms with van der Waals surface area (Å²) in [6, 6.07) is 5.44. The van der Waals surface area contributed by atoms with Crippen molar-refractivity contribution in [2.75, 3.05) is 12.8 Å². The van der Waals surface area contributed by atoms with Crippen molar-refractivity contribution < 1.29 is 8.42 Å². The maximum Gasteiger partial charge on any atom is 0.239 e. The molecule has 7 nitrogen and oxygen atoms in total. The summed E-state index contributed by atoms with van der Waals surface area (Å²) in [6.45, 7) is 0. The summed E-state index contributed by atoms with van der Waals surface area (Å²) in [5, 5.41) is 12.5. The van der Waals surface area contributed by atoms with Crippen LogP contribution in [0.2, 0.25) is 0 Å². The van der Waals surface area contributed by atoms with E-state index in [-0.39, 0.29) is 17.0 Å². The number of fused-ring (bicyclic) bond motifs is 1. The maximum atomic E-state index is 12.2. The molecule has 2 atom stereocenters. The first-order chi connectivity index (χ1) is 11.8. The van der Waals surface area contributed by atoms with Gasteiger partial charge in [-0.05, 0) is 18.2 Å². The Labute approximate surface area is 154 Å². The van der Waals surface area contributed by atoms with Gasteiger partial charge in [-0.25, -0.2) is 17.7 Å². The van der Waals surface area contributed by atoms with Crippen LogP contribution in [0.15, 0.2) is 34.3 Å². The van der Waals surface area contributed by atoms with E-state index in [2.05, 4.69) is 15.3 Å². The average Bonchev–Trinajstić information content (AvgIpc) is 3.15. The van der Waals surface area contributed by atoms with Gasteiger partial charge in [0.25, 0.3) is 0 Å². The standard InChI is InChI=1S/C15H16ClN5O2S2/c1-21-15(17)20-11(7-25(21,22)23)13-9(16)6-12(24-13)10-5-8-3-2-4-18-14(8)19-10/h2-5,11-12H,6-7H2,1H3,(H2,17,20)(H,18,19)/t11-,12?/m0/s1. The quantitative estimate of drug-likeness (QED) is 0.722. The Bertz CT molecular complexity index is 967. The zero-order valence-corrected chi connectivity index (χ0v) is 15.7. The molecule has 0 amide bonds. The van der Waals surface area contributed by atoms with Gasteiger partial charge in [-0.1, -0.05) is 11.6 Å². The van der Waals surface area contributed by atoms with Crippen LogP contribution in [0.4, 0.5) is 0 Å². The van der Waals surface area contributed by atoms with Crippen molar-refractivity contribution in [3.8, 4) is 0 Å². The fourth-order valence-corrected chi connectivity index (χ4v) is 6.19. The number of aromatic nitrogens is 2. The largest absolute Gasteiger partial charge is 0.347 e. The summed E-state index contributed by atoms with van der Waals surface area (Å²) >= 11 is 7.99. The van der Waals surface area contributed by atoms with E-state index in [0.29, 0.717) is 11.5 Å². The number of aromatic amines is 1. The molecule has 0 bridgehead atoms. The van der Waals surface area contributed by atoms with E-state index >= 15 is 0 Å². The first-order valence-corrected chi connectivity index (χ1v) is 10.5. The number of sulfonamides is 1. The maximum absolute atomic E-state index is 12.2. The summed E-state index contributed by atoms with van der Waals surface area (Å²) < 4.78 is 25.3. The van der Waals surface area contributed by atoms with E-state index in [1.165, 1.54) is 7.05 Å². The van der Waals surface area contributed by atoms with Crippen LogP contribution in [0.1, 0.15) is 17.4 Å². The van der Waals surface area contributed by atoms with E-state index in [1.807, 2.05) is 18.2 Å². The lowest BCUT2D eigenvalue weighted by atomic mass is 10.2. The third kappa shape index (κ3) is 2.90. The Morgan fingerprint density at radius 3 is 3.00 bits per heavy atom. The average molecular weight is 398 g/mol. The zero-order chi connectivity index (χ0) is 17.8. The van der Waals surface area contributed by atoms with Crippen molar-refractivity contribution in [3.63, 3.8) is 0 Å². The number of nitrogens with zero attached hydrogens (tertiary/aromatic N) is 2. The van der Waals surface area contributed by atoms with Gasteiger partial charge in [0, 0.05) is 40.7 Å². The van der Waals surface area contributed by atoms with Crippen molar-refractivity contribution in [2.45, 2.75) is 17.7 Å². The second-order valence-corrected chi connectivity index (χ2v) is 9.78. The fraction of sp³-hybridized carbons (Fsp3) is 0.333. The highest BCUT2D eigenvalue weighted by atomic mass is 35.5. The lowest BCUT2D eigenvalue weighted by Crippen LogP contribution is -2.56. The third-order valence-corrected chi connectivity index (χ3v) is 8.13. The molecule has 4 rings (SSSR count). The number of thioether (sulfide) groups is 1. The number of hydrogen-bond donors (Lipinski definition) is 3. The Balaban J connectivity index is 1.58. The van der Waals surface area contributed by atoms with Crippen molar-refractivity contribution in [1.82, 2.24) is 19.6 Å². The van der Waals surface area contributed by atoms with E-state index in [9.17, 15) is 8.42 Å². The van der Waals surface area contributed by atoms with Gasteiger partial charge in [-0.3, -0.25) is 5.41 Å². The van der Waals surface area contributed by atoms with Gasteiger partial charge < -0.3 is 10.3 Å². The molecule has 0 saturated carbocycles. The molecule has 0 radical (unpaired) electrons. The summed E-state index contributed by atoms with van der Waals surface area (Å²) in [5.74, 6) is -0.238. The Morgan fingerprint density at radius 2 is 2.28 bits per heavy atom. The fourth-order valence-electron chi connectivity index (χ4n) is 3.02. The highest BCUT2D eigenvalue weighted by molar-refractivity contribution is 8.03. The van der Waals surface area contributed by atoms with Crippen molar-refractivity contribution >= 4 is 50.4 Å². The molecule has 1 saturated heterocycles. The second kappa shape index (κ2) is 5.93. The lowest BCUT2D eigenvalue weighted by molar-refractivity contribution is 0.518. The van der Waals surface area contributed by atoms with Crippen LogP contribution in [-0.4, -0.2) is 47.5 Å². The number of halogens is 1. The van der Waals surface area contributed by atoms with Gasteiger partial charge in [0.1, 0.15) is 5.65 Å². The van der Waals surface area contributed by atoms with Crippen LogP contribution in [-0.2, 0) is 10.0 Å². The second-order valence-electron chi connectivity index (χ2n) is 6.04. The summed E-state index contributed by atoms with van der Waals surface area (Å²) in [4.78, 5) is 8.40. The number of H-pyrrole nitrogens is 1. The molecule has 10 heteroatoms. The van der Waals surface area contributed by atoms with E-state index < -0.39 is 16.1 Å². The summed E-state index contributed by atoms with van der Waals surface area (Å²) in [6.07, 6.45) is 2.36. The van der Waals surface area contributed by atoms with E-state index in [0.717, 1.165) is 25.9 Å².